The van der Waals surface area contributed by atoms with E-state index in [-0.39, 0.29) is 5.97 Å². The third-order valence-corrected chi connectivity index (χ3v) is 5.30. The lowest BCUT2D eigenvalue weighted by atomic mass is 10.1. The first-order chi connectivity index (χ1) is 9.19. The Morgan fingerprint density at radius 1 is 1.53 bits per heavy atom. The number of carbonyl (C=O) groups is 1. The number of thiazole rings is 1. The molecule has 0 saturated carbocycles. The van der Waals surface area contributed by atoms with Gasteiger partial charge in [0.2, 0.25) is 0 Å². The molecule has 1 aliphatic rings. The van der Waals surface area contributed by atoms with Crippen LogP contribution in [0.1, 0.15) is 25.8 Å². The van der Waals surface area contributed by atoms with Gasteiger partial charge in [-0.25, -0.2) is 9.78 Å². The Balaban J connectivity index is 1.86. The monoisotopic (exact) mass is 294 g/mol. The van der Waals surface area contributed by atoms with Crippen molar-refractivity contribution in [2.45, 2.75) is 19.9 Å². The van der Waals surface area contributed by atoms with E-state index in [4.69, 9.17) is 4.74 Å². The fourth-order valence-electron chi connectivity index (χ4n) is 2.22. The molecule has 2 aromatic heterocycles. The summed E-state index contributed by atoms with van der Waals surface area (Å²) < 4.78 is 4.75. The summed E-state index contributed by atoms with van der Waals surface area (Å²) in [6.07, 6.45) is 1.05. The van der Waals surface area contributed by atoms with Crippen molar-refractivity contribution in [2.75, 3.05) is 18.6 Å². The van der Waals surface area contributed by atoms with Gasteiger partial charge in [0.05, 0.1) is 7.11 Å². The lowest BCUT2D eigenvalue weighted by Gasteiger charge is -2.26. The molecule has 0 atom stereocenters. The molecule has 3 heterocycles. The minimum Gasteiger partial charge on any atom is -0.464 e. The number of thiophene rings is 1. The molecule has 0 unspecified atom stereocenters. The second-order valence-electron chi connectivity index (χ2n) is 4.43. The maximum Gasteiger partial charge on any atom is 0.357 e. The van der Waals surface area contributed by atoms with Gasteiger partial charge in [0.25, 0.3) is 0 Å². The third kappa shape index (κ3) is 2.26. The Morgan fingerprint density at radius 3 is 3.16 bits per heavy atom. The molecule has 2 aromatic rings. The Morgan fingerprint density at radius 2 is 2.37 bits per heavy atom. The van der Waals surface area contributed by atoms with Crippen LogP contribution in [0.25, 0.3) is 0 Å². The van der Waals surface area contributed by atoms with Crippen molar-refractivity contribution in [2.24, 2.45) is 0 Å². The topological polar surface area (TPSA) is 42.4 Å². The van der Waals surface area contributed by atoms with E-state index < -0.39 is 0 Å². The number of aromatic nitrogens is 1. The van der Waals surface area contributed by atoms with Crippen molar-refractivity contribution in [3.8, 4) is 0 Å². The molecule has 0 spiro atoms. The summed E-state index contributed by atoms with van der Waals surface area (Å²) in [5.41, 5.74) is 1.82. The van der Waals surface area contributed by atoms with Gasteiger partial charge in [-0.1, -0.05) is 0 Å². The van der Waals surface area contributed by atoms with Crippen molar-refractivity contribution in [3.63, 3.8) is 0 Å². The van der Waals surface area contributed by atoms with Crippen LogP contribution in [0.2, 0.25) is 0 Å². The van der Waals surface area contributed by atoms with Gasteiger partial charge in [-0.3, -0.25) is 0 Å². The van der Waals surface area contributed by atoms with Gasteiger partial charge in [0.15, 0.2) is 10.8 Å². The van der Waals surface area contributed by atoms with Crippen LogP contribution in [0.3, 0.4) is 0 Å². The van der Waals surface area contributed by atoms with Crippen LogP contribution in [-0.2, 0) is 17.7 Å². The molecule has 19 heavy (non-hydrogen) atoms. The Kier molecular flexibility index (Phi) is 3.28. The SMILES string of the molecule is COC(=O)c1nc(N2CCc3sccc3C2)sc1C. The van der Waals surface area contributed by atoms with Crippen LogP contribution in [0, 0.1) is 6.92 Å². The largest absolute Gasteiger partial charge is 0.464 e. The van der Waals surface area contributed by atoms with Crippen LogP contribution in [-0.4, -0.2) is 24.6 Å². The first kappa shape index (κ1) is 12.6. The van der Waals surface area contributed by atoms with E-state index in [9.17, 15) is 4.79 Å². The zero-order valence-corrected chi connectivity index (χ0v) is 12.4. The van der Waals surface area contributed by atoms with Gasteiger partial charge in [-0.2, -0.15) is 0 Å². The number of methoxy groups -OCH3 is 1. The van der Waals surface area contributed by atoms with E-state index in [0.717, 1.165) is 29.5 Å². The minimum atomic E-state index is -0.353. The molecule has 0 aliphatic carbocycles. The van der Waals surface area contributed by atoms with Gasteiger partial charge in [0.1, 0.15) is 0 Å². The van der Waals surface area contributed by atoms with Gasteiger partial charge in [0, 0.05) is 22.8 Å². The van der Waals surface area contributed by atoms with E-state index in [1.807, 2.05) is 18.3 Å². The smallest absolute Gasteiger partial charge is 0.357 e. The van der Waals surface area contributed by atoms with Crippen LogP contribution < -0.4 is 4.90 Å². The predicted molar refractivity (Wildman–Crippen MR) is 77.3 cm³/mol. The molecule has 6 heteroatoms. The lowest BCUT2D eigenvalue weighted by molar-refractivity contribution is 0.0594. The van der Waals surface area contributed by atoms with Crippen molar-refractivity contribution in [1.29, 1.82) is 0 Å². The van der Waals surface area contributed by atoms with Gasteiger partial charge >= 0.3 is 5.97 Å². The summed E-state index contributed by atoms with van der Waals surface area (Å²) in [6.45, 7) is 3.75. The van der Waals surface area contributed by atoms with E-state index in [2.05, 4.69) is 21.3 Å². The second-order valence-corrected chi connectivity index (χ2v) is 6.62. The highest BCUT2D eigenvalue weighted by atomic mass is 32.1. The van der Waals surface area contributed by atoms with Crippen LogP contribution >= 0.6 is 22.7 Å². The van der Waals surface area contributed by atoms with Crippen molar-refractivity contribution < 1.29 is 9.53 Å². The van der Waals surface area contributed by atoms with E-state index in [1.54, 1.807) is 11.3 Å². The standard InChI is InChI=1S/C13H14N2O2S2/c1-8-11(12(16)17-2)14-13(19-8)15-5-3-10-9(7-15)4-6-18-10/h4,6H,3,5,7H2,1-2H3. The molecule has 0 amide bonds. The average molecular weight is 294 g/mol. The maximum atomic E-state index is 11.6. The summed E-state index contributed by atoms with van der Waals surface area (Å²) in [5.74, 6) is -0.353. The fraction of sp³-hybridized carbons (Fsp3) is 0.385. The van der Waals surface area contributed by atoms with E-state index in [1.165, 1.54) is 17.6 Å². The highest BCUT2D eigenvalue weighted by Crippen LogP contribution is 2.31. The molecule has 100 valence electrons. The molecule has 0 N–H and O–H groups in total. The van der Waals surface area contributed by atoms with E-state index >= 15 is 0 Å². The Hall–Kier alpha value is -1.40. The number of esters is 1. The number of aryl methyl sites for hydroxylation is 1. The average Bonchev–Trinajstić information content (AvgIpc) is 3.03. The zero-order valence-electron chi connectivity index (χ0n) is 10.8. The Labute approximate surface area is 119 Å². The second kappa shape index (κ2) is 4.94. The molecule has 4 nitrogen and oxygen atoms in total. The van der Waals surface area contributed by atoms with Gasteiger partial charge < -0.3 is 9.64 Å². The van der Waals surface area contributed by atoms with Gasteiger partial charge in [-0.15, -0.1) is 22.7 Å². The van der Waals surface area contributed by atoms with E-state index in [0.29, 0.717) is 5.69 Å². The van der Waals surface area contributed by atoms with Gasteiger partial charge in [-0.05, 0) is 30.4 Å². The predicted octanol–water partition coefficient (Wildman–Crippen LogP) is 2.86. The van der Waals surface area contributed by atoms with Crippen molar-refractivity contribution in [1.82, 2.24) is 4.98 Å². The number of carbonyl (C=O) groups excluding carboxylic acids is 1. The zero-order chi connectivity index (χ0) is 13.4. The molecular formula is C13H14N2O2S2. The summed E-state index contributed by atoms with van der Waals surface area (Å²) in [7, 11) is 1.39. The molecule has 0 fully saturated rings. The molecule has 3 rings (SSSR count). The number of ether oxygens (including phenoxy) is 1. The molecule has 0 bridgehead atoms. The first-order valence-electron chi connectivity index (χ1n) is 6.05. The van der Waals surface area contributed by atoms with Crippen molar-refractivity contribution >= 4 is 33.8 Å². The number of nitrogens with zero attached hydrogens (tertiary/aromatic N) is 2. The van der Waals surface area contributed by atoms with Crippen LogP contribution in [0.5, 0.6) is 0 Å². The highest BCUT2D eigenvalue weighted by molar-refractivity contribution is 7.15. The first-order valence-corrected chi connectivity index (χ1v) is 7.74. The molecule has 0 radical (unpaired) electrons. The normalized spacial score (nSPS) is 14.3. The fourth-order valence-corrected chi connectivity index (χ4v) is 4.03. The highest BCUT2D eigenvalue weighted by Gasteiger charge is 2.23. The number of fused-ring (bicyclic) bond motifs is 1. The number of hydrogen-bond donors (Lipinski definition) is 0. The lowest BCUT2D eigenvalue weighted by Crippen LogP contribution is -2.29. The molecule has 0 aromatic carbocycles. The summed E-state index contributed by atoms with van der Waals surface area (Å²) in [6, 6.07) is 2.17. The molecule has 0 saturated heterocycles. The molecule has 1 aliphatic heterocycles. The van der Waals surface area contributed by atoms with Crippen LogP contribution in [0.4, 0.5) is 5.13 Å². The number of anilines is 1. The summed E-state index contributed by atoms with van der Waals surface area (Å²) in [5, 5.41) is 3.05. The van der Waals surface area contributed by atoms with Crippen LogP contribution in [0.15, 0.2) is 11.4 Å². The Bertz CT molecular complexity index is 618. The quantitative estimate of drug-likeness (QED) is 0.799. The third-order valence-electron chi connectivity index (χ3n) is 3.24. The summed E-state index contributed by atoms with van der Waals surface area (Å²) in [4.78, 5) is 20.6. The summed E-state index contributed by atoms with van der Waals surface area (Å²) >= 11 is 3.38. The number of rotatable bonds is 2. The maximum absolute atomic E-state index is 11.6. The minimum absolute atomic E-state index is 0.353. The number of hydrogen-bond acceptors (Lipinski definition) is 6. The molecular weight excluding hydrogens is 280 g/mol. The van der Waals surface area contributed by atoms with Crippen molar-refractivity contribution in [3.05, 3.63) is 32.5 Å².